The molecule has 3 rings (SSSR count). The average Bonchev–Trinajstić information content (AvgIpc) is 3.16. The fourth-order valence-corrected chi connectivity index (χ4v) is 3.38. The van der Waals surface area contributed by atoms with E-state index in [4.69, 9.17) is 22.2 Å². The molecule has 156 valence electrons. The van der Waals surface area contributed by atoms with Gasteiger partial charge in [0.25, 0.3) is 0 Å². The number of hydrogen-bond acceptors (Lipinski definition) is 5. The SMILES string of the molecule is CC/C=C/C=C1\NC=CN1Cc1c(F)cc(/C(N)=N\OC2CCNCC2)cc1Cl. The number of allylic oxidation sites excluding steroid dienone is 3. The van der Waals surface area contributed by atoms with Gasteiger partial charge in [-0.1, -0.05) is 35.8 Å². The van der Waals surface area contributed by atoms with Crippen molar-refractivity contribution in [2.45, 2.75) is 38.8 Å². The van der Waals surface area contributed by atoms with E-state index < -0.39 is 5.82 Å². The molecule has 2 heterocycles. The van der Waals surface area contributed by atoms with E-state index in [0.717, 1.165) is 38.2 Å². The Morgan fingerprint density at radius 1 is 1.41 bits per heavy atom. The van der Waals surface area contributed by atoms with Crippen LogP contribution in [0, 0.1) is 5.82 Å². The molecule has 1 saturated heterocycles. The van der Waals surface area contributed by atoms with Crippen LogP contribution in [-0.4, -0.2) is 29.9 Å². The van der Waals surface area contributed by atoms with Crippen molar-refractivity contribution in [1.82, 2.24) is 15.5 Å². The number of nitrogens with one attached hydrogen (secondary N) is 2. The molecule has 0 unspecified atom stereocenters. The van der Waals surface area contributed by atoms with Gasteiger partial charge in [0.2, 0.25) is 0 Å². The Kier molecular flexibility index (Phi) is 7.55. The lowest BCUT2D eigenvalue weighted by Gasteiger charge is -2.21. The molecule has 1 aromatic carbocycles. The standard InChI is InChI=1S/C21H27ClFN5O/c1-2-3-4-5-20-26-10-11-28(20)14-17-18(22)12-15(13-19(17)23)21(24)27-29-16-6-8-25-9-7-16/h3-5,10-13,16,25-26H,2,6-9,14H2,1H3,(H2,24,27)/b4-3+,20-5+. The number of hydrogen-bond donors (Lipinski definition) is 3. The second-order valence-electron chi connectivity index (χ2n) is 6.93. The average molecular weight is 420 g/mol. The van der Waals surface area contributed by atoms with Crippen molar-refractivity contribution in [3.63, 3.8) is 0 Å². The zero-order valence-corrected chi connectivity index (χ0v) is 17.3. The third-order valence-electron chi connectivity index (χ3n) is 4.77. The van der Waals surface area contributed by atoms with Gasteiger partial charge in [-0.05, 0) is 50.6 Å². The van der Waals surface area contributed by atoms with Crippen molar-refractivity contribution in [2.24, 2.45) is 10.9 Å². The maximum Gasteiger partial charge on any atom is 0.170 e. The smallest absolute Gasteiger partial charge is 0.170 e. The van der Waals surface area contributed by atoms with Crippen LogP contribution in [0.2, 0.25) is 5.02 Å². The van der Waals surface area contributed by atoms with Gasteiger partial charge >= 0.3 is 0 Å². The van der Waals surface area contributed by atoms with Crippen LogP contribution >= 0.6 is 11.6 Å². The van der Waals surface area contributed by atoms with Gasteiger partial charge in [-0.25, -0.2) is 4.39 Å². The molecule has 4 N–H and O–H groups in total. The van der Waals surface area contributed by atoms with Gasteiger partial charge in [0.05, 0.1) is 6.54 Å². The first-order chi connectivity index (χ1) is 14.1. The number of benzene rings is 1. The van der Waals surface area contributed by atoms with Crippen molar-refractivity contribution >= 4 is 17.4 Å². The molecule has 0 aliphatic carbocycles. The molecule has 2 aliphatic heterocycles. The zero-order chi connectivity index (χ0) is 20.6. The van der Waals surface area contributed by atoms with Gasteiger partial charge in [0.15, 0.2) is 5.84 Å². The Balaban J connectivity index is 1.71. The molecule has 1 fully saturated rings. The summed E-state index contributed by atoms with van der Waals surface area (Å²) in [5.41, 5.74) is 6.78. The lowest BCUT2D eigenvalue weighted by molar-refractivity contribution is 0.0375. The molecule has 0 spiro atoms. The highest BCUT2D eigenvalue weighted by atomic mass is 35.5. The molecule has 0 atom stereocenters. The number of nitrogens with two attached hydrogens (primary N) is 1. The minimum absolute atomic E-state index is 0.0239. The molecular weight excluding hydrogens is 393 g/mol. The first-order valence-electron chi connectivity index (χ1n) is 9.83. The van der Waals surface area contributed by atoms with Crippen LogP contribution in [-0.2, 0) is 11.4 Å². The Labute approximate surface area is 175 Å². The van der Waals surface area contributed by atoms with E-state index in [2.05, 4.69) is 22.7 Å². The summed E-state index contributed by atoms with van der Waals surface area (Å²) in [6.45, 7) is 4.14. The molecular formula is C21H27ClFN5O. The van der Waals surface area contributed by atoms with E-state index in [-0.39, 0.29) is 11.9 Å². The van der Waals surface area contributed by atoms with Gasteiger partial charge in [0.1, 0.15) is 17.7 Å². The van der Waals surface area contributed by atoms with Crippen molar-refractivity contribution in [3.8, 4) is 0 Å². The topological polar surface area (TPSA) is 74.9 Å². The van der Waals surface area contributed by atoms with E-state index in [1.165, 1.54) is 6.07 Å². The highest BCUT2D eigenvalue weighted by Crippen LogP contribution is 2.25. The van der Waals surface area contributed by atoms with E-state index in [0.29, 0.717) is 22.7 Å². The molecule has 0 saturated carbocycles. The largest absolute Gasteiger partial charge is 0.391 e. The highest BCUT2D eigenvalue weighted by molar-refractivity contribution is 6.31. The molecule has 29 heavy (non-hydrogen) atoms. The van der Waals surface area contributed by atoms with Crippen molar-refractivity contribution in [3.05, 3.63) is 70.5 Å². The lowest BCUT2D eigenvalue weighted by atomic mass is 10.1. The third-order valence-corrected chi connectivity index (χ3v) is 5.11. The van der Waals surface area contributed by atoms with Crippen LogP contribution in [0.5, 0.6) is 0 Å². The maximum absolute atomic E-state index is 14.8. The minimum Gasteiger partial charge on any atom is -0.391 e. The van der Waals surface area contributed by atoms with E-state index in [9.17, 15) is 4.39 Å². The second kappa shape index (κ2) is 10.3. The van der Waals surface area contributed by atoms with Crippen molar-refractivity contribution in [2.75, 3.05) is 13.1 Å². The minimum atomic E-state index is -0.434. The summed E-state index contributed by atoms with van der Waals surface area (Å²) in [7, 11) is 0. The Morgan fingerprint density at radius 3 is 2.93 bits per heavy atom. The number of halogens is 2. The van der Waals surface area contributed by atoms with Crippen LogP contribution in [0.3, 0.4) is 0 Å². The van der Waals surface area contributed by atoms with Crippen LogP contribution in [0.1, 0.15) is 37.3 Å². The van der Waals surface area contributed by atoms with Crippen LogP contribution < -0.4 is 16.4 Å². The summed E-state index contributed by atoms with van der Waals surface area (Å²) >= 11 is 6.38. The molecule has 1 aromatic rings. The summed E-state index contributed by atoms with van der Waals surface area (Å²) in [4.78, 5) is 7.39. The summed E-state index contributed by atoms with van der Waals surface area (Å²) in [6, 6.07) is 2.97. The number of oxime groups is 1. The molecule has 6 nitrogen and oxygen atoms in total. The highest BCUT2D eigenvalue weighted by Gasteiger charge is 2.18. The Bertz CT molecular complexity index is 807. The first-order valence-corrected chi connectivity index (χ1v) is 10.2. The summed E-state index contributed by atoms with van der Waals surface area (Å²) in [5, 5.41) is 10.7. The van der Waals surface area contributed by atoms with Gasteiger partial charge in [-0.2, -0.15) is 0 Å². The summed E-state index contributed by atoms with van der Waals surface area (Å²) < 4.78 is 14.8. The van der Waals surface area contributed by atoms with Crippen molar-refractivity contribution < 1.29 is 9.23 Å². The van der Waals surface area contributed by atoms with Gasteiger partial charge in [0, 0.05) is 28.5 Å². The molecule has 2 aliphatic rings. The molecule has 0 radical (unpaired) electrons. The summed E-state index contributed by atoms with van der Waals surface area (Å²) in [6.07, 6.45) is 12.3. The van der Waals surface area contributed by atoms with Gasteiger partial charge < -0.3 is 26.1 Å². The van der Waals surface area contributed by atoms with Crippen LogP contribution in [0.25, 0.3) is 0 Å². The predicted octanol–water partition coefficient (Wildman–Crippen LogP) is 3.55. The first kappa shape index (κ1) is 21.2. The third kappa shape index (κ3) is 5.74. The van der Waals surface area contributed by atoms with Crippen LogP contribution in [0.4, 0.5) is 4.39 Å². The summed E-state index contributed by atoms with van der Waals surface area (Å²) in [5.74, 6) is 0.533. The number of piperidine rings is 1. The van der Waals surface area contributed by atoms with Gasteiger partial charge in [-0.15, -0.1) is 0 Å². The number of rotatable bonds is 7. The quantitative estimate of drug-likeness (QED) is 0.358. The monoisotopic (exact) mass is 419 g/mol. The molecule has 0 aromatic heterocycles. The fraction of sp³-hybridized carbons (Fsp3) is 0.381. The molecule has 0 amide bonds. The lowest BCUT2D eigenvalue weighted by Crippen LogP contribution is -2.32. The van der Waals surface area contributed by atoms with E-state index >= 15 is 0 Å². The predicted molar refractivity (Wildman–Crippen MR) is 114 cm³/mol. The Morgan fingerprint density at radius 2 is 2.21 bits per heavy atom. The van der Waals surface area contributed by atoms with E-state index in [1.807, 2.05) is 29.3 Å². The van der Waals surface area contributed by atoms with Crippen LogP contribution in [0.15, 0.2) is 53.7 Å². The molecule has 0 bridgehead atoms. The van der Waals surface area contributed by atoms with Gasteiger partial charge in [-0.3, -0.25) is 0 Å². The maximum atomic E-state index is 14.8. The number of amidine groups is 1. The second-order valence-corrected chi connectivity index (χ2v) is 7.33. The van der Waals surface area contributed by atoms with Crippen molar-refractivity contribution in [1.29, 1.82) is 0 Å². The zero-order valence-electron chi connectivity index (χ0n) is 16.5. The van der Waals surface area contributed by atoms with E-state index in [1.54, 1.807) is 12.3 Å². The Hall–Kier alpha value is -2.51. The normalized spacial score (nSPS) is 19.3. The molecule has 8 heteroatoms. The fourth-order valence-electron chi connectivity index (χ4n) is 3.11. The number of nitrogens with zero attached hydrogens (tertiary/aromatic N) is 2.